The van der Waals surface area contributed by atoms with Gasteiger partial charge in [0.25, 0.3) is 0 Å². The normalized spacial score (nSPS) is 21.3. The highest BCUT2D eigenvalue weighted by molar-refractivity contribution is 6.76. The smallest absolute Gasteiger partial charge is 0.338 e. The van der Waals surface area contributed by atoms with Crippen LogP contribution in [0.2, 0.25) is 51.4 Å². The summed E-state index contributed by atoms with van der Waals surface area (Å²) in [5.41, 5.74) is 7.60. The van der Waals surface area contributed by atoms with Crippen LogP contribution in [-0.2, 0) is 46.1 Å². The molecule has 1 N–H and O–H groups in total. The number of hydrogen-bond acceptors (Lipinski definition) is 10. The number of esters is 2. The molecular weight excluding hydrogens is 769 g/mol. The number of benzene rings is 2. The van der Waals surface area contributed by atoms with Gasteiger partial charge in [0.1, 0.15) is 12.2 Å². The zero-order valence-electron chi connectivity index (χ0n) is 38.1. The van der Waals surface area contributed by atoms with Gasteiger partial charge in [-0.15, -0.1) is 0 Å². The van der Waals surface area contributed by atoms with Crippen LogP contribution in [0.3, 0.4) is 0 Å². The average Bonchev–Trinajstić information content (AvgIpc) is 3.55. The number of rotatable bonds is 18. The van der Waals surface area contributed by atoms with Crippen molar-refractivity contribution in [2.75, 3.05) is 19.8 Å². The fourth-order valence-corrected chi connectivity index (χ4v) is 9.06. The molecule has 0 spiro atoms. The molecule has 0 aliphatic carbocycles. The van der Waals surface area contributed by atoms with E-state index in [0.29, 0.717) is 30.8 Å². The third-order valence-electron chi connectivity index (χ3n) is 10.4. The van der Waals surface area contributed by atoms with Crippen LogP contribution in [0, 0.1) is 27.7 Å². The summed E-state index contributed by atoms with van der Waals surface area (Å²) in [5.74, 6) is -1.85. The van der Waals surface area contributed by atoms with Crippen molar-refractivity contribution in [2.45, 2.75) is 181 Å². The van der Waals surface area contributed by atoms with Crippen molar-refractivity contribution >= 4 is 34.4 Å². The molecule has 2 saturated heterocycles. The maximum Gasteiger partial charge on any atom is 0.338 e. The van der Waals surface area contributed by atoms with Gasteiger partial charge in [0.2, 0.25) is 0 Å². The number of aliphatic hydroxyl groups excluding tert-OH is 1. The molecule has 0 saturated carbocycles. The SMILES string of the molecule is Cc1cc(C)c(C(=O)OCC[Si](C)(C)C)c(CCC[C@@H]2OC(C)(C)O[C@@H]2C=O)c1.Cc1cc(C)c(C(=O)OCC[Si](C)(C)C)c(CCC[C@@H]2OC(C)(C)O[C@@H]2CO)c1. The molecule has 58 heavy (non-hydrogen) atoms. The molecule has 2 aliphatic rings. The van der Waals surface area contributed by atoms with Gasteiger partial charge in [0.15, 0.2) is 17.9 Å². The van der Waals surface area contributed by atoms with Gasteiger partial charge in [-0.3, -0.25) is 0 Å². The standard InChI is InChI=1S/C23H38O5Si.C23H36O5Si/c2*1-16-13-17(2)21(22(25)26-11-12-29(5,6)7)18(14-16)9-8-10-19-20(15-24)28-23(3,4)27-19/h13-14,19-20,24H,8-12,15H2,1-7H3;13-15,19-20H,8-12H2,1-7H3/t2*19-,20+/m00/s1. The maximum absolute atomic E-state index is 12.8. The van der Waals surface area contributed by atoms with Crippen LogP contribution in [0.4, 0.5) is 0 Å². The summed E-state index contributed by atoms with van der Waals surface area (Å²) in [6.07, 6.45) is 4.21. The van der Waals surface area contributed by atoms with Crippen LogP contribution >= 0.6 is 0 Å². The van der Waals surface area contributed by atoms with Crippen LogP contribution < -0.4 is 0 Å². The first-order valence-electron chi connectivity index (χ1n) is 21.2. The Kier molecular flexibility index (Phi) is 18.1. The van der Waals surface area contributed by atoms with E-state index < -0.39 is 33.8 Å². The Hall–Kier alpha value is -2.72. The van der Waals surface area contributed by atoms with E-state index in [9.17, 15) is 19.5 Å². The van der Waals surface area contributed by atoms with E-state index in [1.807, 2.05) is 60.6 Å². The monoisotopic (exact) mass is 842 g/mol. The van der Waals surface area contributed by atoms with Gasteiger partial charge in [-0.25, -0.2) is 9.59 Å². The molecular formula is C46H74O10Si2. The van der Waals surface area contributed by atoms with E-state index in [1.54, 1.807) is 0 Å². The second-order valence-electron chi connectivity index (χ2n) is 19.6. The molecule has 10 nitrogen and oxygen atoms in total. The number of carbonyl (C=O) groups excluding carboxylic acids is 3. The van der Waals surface area contributed by atoms with E-state index in [2.05, 4.69) is 58.3 Å². The summed E-state index contributed by atoms with van der Waals surface area (Å²) >= 11 is 0. The van der Waals surface area contributed by atoms with Gasteiger partial charge in [-0.1, -0.05) is 74.7 Å². The lowest BCUT2D eigenvalue weighted by atomic mass is 9.94. The first-order valence-corrected chi connectivity index (χ1v) is 28.6. The van der Waals surface area contributed by atoms with E-state index in [1.165, 1.54) is 0 Å². The summed E-state index contributed by atoms with van der Waals surface area (Å²) in [6.45, 7) is 30.0. The fraction of sp³-hybridized carbons (Fsp3) is 0.674. The molecule has 2 aromatic carbocycles. The highest BCUT2D eigenvalue weighted by Gasteiger charge is 2.41. The number of ether oxygens (including phenoxy) is 6. The van der Waals surface area contributed by atoms with E-state index in [0.717, 1.165) is 83.9 Å². The van der Waals surface area contributed by atoms with Crippen molar-refractivity contribution in [3.63, 3.8) is 0 Å². The molecule has 326 valence electrons. The van der Waals surface area contributed by atoms with Crippen molar-refractivity contribution < 1.29 is 47.9 Å². The van der Waals surface area contributed by atoms with Crippen molar-refractivity contribution in [1.82, 2.24) is 0 Å². The molecule has 0 unspecified atom stereocenters. The second-order valence-corrected chi connectivity index (χ2v) is 30.8. The molecule has 0 bridgehead atoms. The van der Waals surface area contributed by atoms with E-state index in [-0.39, 0.29) is 36.9 Å². The molecule has 4 rings (SSSR count). The summed E-state index contributed by atoms with van der Waals surface area (Å²) in [4.78, 5) is 36.9. The maximum atomic E-state index is 12.8. The fourth-order valence-electron chi connectivity index (χ4n) is 7.63. The number of aryl methyl sites for hydroxylation is 6. The molecule has 0 radical (unpaired) electrons. The van der Waals surface area contributed by atoms with Crippen LogP contribution in [0.25, 0.3) is 0 Å². The van der Waals surface area contributed by atoms with Gasteiger partial charge in [0, 0.05) is 16.1 Å². The Labute approximate surface area is 351 Å². The second kappa shape index (κ2) is 21.2. The summed E-state index contributed by atoms with van der Waals surface area (Å²) < 4.78 is 34.4. The minimum absolute atomic E-state index is 0.0493. The van der Waals surface area contributed by atoms with E-state index >= 15 is 0 Å². The molecule has 2 aliphatic heterocycles. The Balaban J connectivity index is 0.000000310. The largest absolute Gasteiger partial charge is 0.462 e. The lowest BCUT2D eigenvalue weighted by Crippen LogP contribution is -2.26. The Morgan fingerprint density at radius 1 is 0.655 bits per heavy atom. The first kappa shape index (κ1) is 49.6. The van der Waals surface area contributed by atoms with E-state index in [4.69, 9.17) is 28.4 Å². The van der Waals surface area contributed by atoms with Gasteiger partial charge in [-0.2, -0.15) is 0 Å². The third kappa shape index (κ3) is 16.0. The topological polar surface area (TPSA) is 127 Å². The lowest BCUT2D eigenvalue weighted by molar-refractivity contribution is -0.150. The molecule has 4 atom stereocenters. The Morgan fingerprint density at radius 3 is 1.47 bits per heavy atom. The minimum atomic E-state index is -1.25. The number of carbonyl (C=O) groups is 3. The van der Waals surface area contributed by atoms with Crippen LogP contribution in [0.15, 0.2) is 24.3 Å². The first-order chi connectivity index (χ1) is 26.8. The minimum Gasteiger partial charge on any atom is -0.462 e. The van der Waals surface area contributed by atoms with Crippen LogP contribution in [0.5, 0.6) is 0 Å². The van der Waals surface area contributed by atoms with Gasteiger partial charge < -0.3 is 38.3 Å². The third-order valence-corrected chi connectivity index (χ3v) is 13.8. The quantitative estimate of drug-likeness (QED) is 0.0881. The number of aliphatic hydroxyl groups is 1. The summed E-state index contributed by atoms with van der Waals surface area (Å²) in [5, 5.41) is 9.55. The predicted molar refractivity (Wildman–Crippen MR) is 235 cm³/mol. The van der Waals surface area contributed by atoms with Crippen LogP contribution in [-0.4, -0.2) is 95.3 Å². The van der Waals surface area contributed by atoms with Gasteiger partial charge in [-0.05, 0) is 128 Å². The Morgan fingerprint density at radius 2 is 1.05 bits per heavy atom. The zero-order valence-corrected chi connectivity index (χ0v) is 40.1. The number of hydrogen-bond donors (Lipinski definition) is 1. The molecule has 0 amide bonds. The predicted octanol–water partition coefficient (Wildman–Crippen LogP) is 9.47. The van der Waals surface area contributed by atoms with Crippen molar-refractivity contribution in [2.24, 2.45) is 0 Å². The zero-order chi connectivity index (χ0) is 43.6. The van der Waals surface area contributed by atoms with Crippen molar-refractivity contribution in [1.29, 1.82) is 0 Å². The highest BCUT2D eigenvalue weighted by Crippen LogP contribution is 2.32. The Bertz CT molecular complexity index is 1690. The molecule has 0 aromatic heterocycles. The molecule has 12 heteroatoms. The van der Waals surface area contributed by atoms with Crippen molar-refractivity contribution in [3.05, 3.63) is 68.8 Å². The van der Waals surface area contributed by atoms with Gasteiger partial charge in [0.05, 0.1) is 43.2 Å². The van der Waals surface area contributed by atoms with Gasteiger partial charge >= 0.3 is 11.9 Å². The summed E-state index contributed by atoms with van der Waals surface area (Å²) in [6, 6.07) is 10.1. The number of aldehydes is 1. The average molecular weight is 843 g/mol. The molecule has 2 fully saturated rings. The van der Waals surface area contributed by atoms with Crippen molar-refractivity contribution in [3.8, 4) is 0 Å². The lowest BCUT2D eigenvalue weighted by Gasteiger charge is -2.18. The van der Waals surface area contributed by atoms with Crippen LogP contribution in [0.1, 0.15) is 107 Å². The molecule has 2 aromatic rings. The highest BCUT2D eigenvalue weighted by atomic mass is 28.3. The molecule has 2 heterocycles. The summed E-state index contributed by atoms with van der Waals surface area (Å²) in [7, 11) is -2.49.